The summed E-state index contributed by atoms with van der Waals surface area (Å²) >= 11 is 0. The zero-order chi connectivity index (χ0) is 16.2. The molecule has 0 aliphatic rings. The zero-order valence-electron chi connectivity index (χ0n) is 13.8. The van der Waals surface area contributed by atoms with E-state index in [9.17, 15) is 8.42 Å². The summed E-state index contributed by atoms with van der Waals surface area (Å²) in [5.74, 6) is 1.88. The second-order valence-electron chi connectivity index (χ2n) is 6.14. The predicted molar refractivity (Wildman–Crippen MR) is 86.1 cm³/mol. The second-order valence-corrected chi connectivity index (χ2v) is 7.90. The molecule has 0 heterocycles. The van der Waals surface area contributed by atoms with Gasteiger partial charge in [0.1, 0.15) is 5.75 Å². The molecule has 0 aliphatic heterocycles. The van der Waals surface area contributed by atoms with E-state index < -0.39 is 10.0 Å². The van der Waals surface area contributed by atoms with Crippen molar-refractivity contribution in [2.45, 2.75) is 39.5 Å². The van der Waals surface area contributed by atoms with Gasteiger partial charge in [0.25, 0.3) is 0 Å². The van der Waals surface area contributed by atoms with Crippen molar-refractivity contribution in [3.8, 4) is 5.75 Å². The number of benzene rings is 1. The number of hydrogen-bond donors (Lipinski definition) is 1. The first kappa shape index (κ1) is 18.0. The quantitative estimate of drug-likeness (QED) is 0.841. The highest BCUT2D eigenvalue weighted by Crippen LogP contribution is 2.23. The molecule has 1 aromatic carbocycles. The molecule has 0 atom stereocenters. The third-order valence-corrected chi connectivity index (χ3v) is 5.32. The van der Waals surface area contributed by atoms with Gasteiger partial charge in [-0.05, 0) is 48.4 Å². The lowest BCUT2D eigenvalue weighted by Gasteiger charge is -2.25. The van der Waals surface area contributed by atoms with Gasteiger partial charge in [0, 0.05) is 6.54 Å². The van der Waals surface area contributed by atoms with E-state index in [0.29, 0.717) is 30.0 Å². The number of aryl methyl sites for hydroxylation is 1. The van der Waals surface area contributed by atoms with E-state index in [-0.39, 0.29) is 4.90 Å². The topological polar surface area (TPSA) is 55.4 Å². The number of methoxy groups -OCH3 is 1. The van der Waals surface area contributed by atoms with Crippen LogP contribution in [0, 0.1) is 24.7 Å². The van der Waals surface area contributed by atoms with E-state index >= 15 is 0 Å². The number of hydrogen-bond acceptors (Lipinski definition) is 3. The van der Waals surface area contributed by atoms with E-state index in [1.807, 2.05) is 6.92 Å². The van der Waals surface area contributed by atoms with E-state index in [4.69, 9.17) is 4.74 Å². The fourth-order valence-electron chi connectivity index (χ4n) is 2.55. The molecule has 1 aromatic rings. The molecule has 0 bridgehead atoms. The smallest absolute Gasteiger partial charge is 0.240 e. The molecule has 0 aliphatic carbocycles. The Bertz CT molecular complexity index is 557. The van der Waals surface area contributed by atoms with Gasteiger partial charge < -0.3 is 4.74 Å². The number of rotatable bonds is 7. The van der Waals surface area contributed by atoms with E-state index in [1.54, 1.807) is 25.3 Å². The van der Waals surface area contributed by atoms with Crippen LogP contribution >= 0.6 is 0 Å². The first-order valence-electron chi connectivity index (χ1n) is 7.33. The molecule has 4 nitrogen and oxygen atoms in total. The van der Waals surface area contributed by atoms with Crippen molar-refractivity contribution >= 4 is 10.0 Å². The molecule has 0 unspecified atom stereocenters. The largest absolute Gasteiger partial charge is 0.496 e. The molecule has 0 saturated carbocycles. The molecule has 5 heteroatoms. The molecule has 0 spiro atoms. The summed E-state index contributed by atoms with van der Waals surface area (Å²) in [7, 11) is -1.90. The Kier molecular flexibility index (Phi) is 6.23. The predicted octanol–water partition coefficient (Wildman–Crippen LogP) is 3.21. The Morgan fingerprint density at radius 1 is 1.14 bits per heavy atom. The van der Waals surface area contributed by atoms with Crippen LogP contribution in [0.3, 0.4) is 0 Å². The summed E-state index contributed by atoms with van der Waals surface area (Å²) in [6, 6.07) is 4.90. The van der Waals surface area contributed by atoms with Crippen molar-refractivity contribution in [3.63, 3.8) is 0 Å². The van der Waals surface area contributed by atoms with Crippen LogP contribution in [0.25, 0.3) is 0 Å². The van der Waals surface area contributed by atoms with E-state index in [0.717, 1.165) is 5.56 Å². The molecule has 0 fully saturated rings. The van der Waals surface area contributed by atoms with Crippen molar-refractivity contribution in [2.24, 2.45) is 17.8 Å². The molecular formula is C16H27NO3S. The summed E-state index contributed by atoms with van der Waals surface area (Å²) in [5.41, 5.74) is 0.810. The maximum atomic E-state index is 12.4. The van der Waals surface area contributed by atoms with Crippen molar-refractivity contribution in [1.82, 2.24) is 4.72 Å². The van der Waals surface area contributed by atoms with Gasteiger partial charge >= 0.3 is 0 Å². The second kappa shape index (κ2) is 7.27. The zero-order valence-corrected chi connectivity index (χ0v) is 14.6. The van der Waals surface area contributed by atoms with Gasteiger partial charge in [-0.3, -0.25) is 0 Å². The minimum absolute atomic E-state index is 0.284. The van der Waals surface area contributed by atoms with Crippen molar-refractivity contribution < 1.29 is 13.2 Å². The fraction of sp³-hybridized carbons (Fsp3) is 0.625. The molecule has 0 amide bonds. The summed E-state index contributed by atoms with van der Waals surface area (Å²) in [4.78, 5) is 0.284. The van der Waals surface area contributed by atoms with Crippen LogP contribution in [0.15, 0.2) is 23.1 Å². The highest BCUT2D eigenvalue weighted by atomic mass is 32.2. The van der Waals surface area contributed by atoms with Crippen LogP contribution in [0.1, 0.15) is 33.3 Å². The summed E-state index contributed by atoms with van der Waals surface area (Å²) < 4.78 is 32.7. The number of sulfonamides is 1. The van der Waals surface area contributed by atoms with Crippen LogP contribution in [0.4, 0.5) is 0 Å². The standard InChI is InChI=1S/C16H27NO3S/c1-11(2)15(12(3)4)10-17-21(18,19)14-7-8-16(20-6)13(5)9-14/h7-9,11-12,15,17H,10H2,1-6H3. The lowest BCUT2D eigenvalue weighted by molar-refractivity contribution is 0.289. The monoisotopic (exact) mass is 313 g/mol. The molecule has 1 N–H and O–H groups in total. The van der Waals surface area contributed by atoms with Crippen LogP contribution in [0.2, 0.25) is 0 Å². The Morgan fingerprint density at radius 2 is 1.71 bits per heavy atom. The minimum atomic E-state index is -3.48. The Labute approximate surface area is 129 Å². The third kappa shape index (κ3) is 4.71. The van der Waals surface area contributed by atoms with Crippen molar-refractivity contribution in [1.29, 1.82) is 0 Å². The highest BCUT2D eigenvalue weighted by Gasteiger charge is 2.21. The van der Waals surface area contributed by atoms with Crippen molar-refractivity contribution in [3.05, 3.63) is 23.8 Å². The molecule has 0 saturated heterocycles. The van der Waals surface area contributed by atoms with Gasteiger partial charge in [-0.25, -0.2) is 13.1 Å². The van der Waals surface area contributed by atoms with Crippen molar-refractivity contribution in [2.75, 3.05) is 13.7 Å². The minimum Gasteiger partial charge on any atom is -0.496 e. The van der Waals surface area contributed by atoms with Crippen LogP contribution in [-0.2, 0) is 10.0 Å². The molecule has 120 valence electrons. The van der Waals surface area contributed by atoms with Crippen LogP contribution in [0.5, 0.6) is 5.75 Å². The Balaban J connectivity index is 2.89. The van der Waals surface area contributed by atoms with Gasteiger partial charge in [0.15, 0.2) is 0 Å². The van der Waals surface area contributed by atoms with Crippen LogP contribution in [-0.4, -0.2) is 22.1 Å². The van der Waals surface area contributed by atoms with Gasteiger partial charge in [-0.2, -0.15) is 0 Å². The number of ether oxygens (including phenoxy) is 1. The first-order valence-corrected chi connectivity index (χ1v) is 8.81. The van der Waals surface area contributed by atoms with Crippen LogP contribution < -0.4 is 9.46 Å². The van der Waals surface area contributed by atoms with Gasteiger partial charge in [0.05, 0.1) is 12.0 Å². The Morgan fingerprint density at radius 3 is 2.14 bits per heavy atom. The maximum absolute atomic E-state index is 12.4. The van der Waals surface area contributed by atoms with E-state index in [1.165, 1.54) is 0 Å². The average molecular weight is 313 g/mol. The fourth-order valence-corrected chi connectivity index (χ4v) is 3.71. The SMILES string of the molecule is COc1ccc(S(=O)(=O)NCC(C(C)C)C(C)C)cc1C. The van der Waals surface area contributed by atoms with Gasteiger partial charge in [0.2, 0.25) is 10.0 Å². The molecule has 0 aromatic heterocycles. The summed E-state index contributed by atoms with van der Waals surface area (Å²) in [5, 5.41) is 0. The number of nitrogens with one attached hydrogen (secondary N) is 1. The summed E-state index contributed by atoms with van der Waals surface area (Å²) in [6.07, 6.45) is 0. The summed E-state index contributed by atoms with van der Waals surface area (Å²) in [6.45, 7) is 10.8. The molecule has 21 heavy (non-hydrogen) atoms. The first-order chi connectivity index (χ1) is 9.69. The normalized spacial score (nSPS) is 12.4. The highest BCUT2D eigenvalue weighted by molar-refractivity contribution is 7.89. The van der Waals surface area contributed by atoms with Gasteiger partial charge in [-0.15, -0.1) is 0 Å². The lowest BCUT2D eigenvalue weighted by Crippen LogP contribution is -2.34. The molecule has 1 rings (SSSR count). The van der Waals surface area contributed by atoms with E-state index in [2.05, 4.69) is 32.4 Å². The Hall–Kier alpha value is -1.07. The maximum Gasteiger partial charge on any atom is 0.240 e. The third-order valence-electron chi connectivity index (χ3n) is 3.90. The lowest BCUT2D eigenvalue weighted by atomic mass is 9.86. The average Bonchev–Trinajstić information content (AvgIpc) is 2.37. The van der Waals surface area contributed by atoms with Gasteiger partial charge in [-0.1, -0.05) is 27.7 Å². The molecule has 0 radical (unpaired) electrons. The molecular weight excluding hydrogens is 286 g/mol.